The van der Waals surface area contributed by atoms with Gasteiger partial charge in [0, 0.05) is 32.7 Å². The number of ether oxygens (including phenoxy) is 1. The maximum absolute atomic E-state index is 13.1. The molecule has 0 aliphatic carbocycles. The van der Waals surface area contributed by atoms with Crippen molar-refractivity contribution in [2.45, 2.75) is 57.6 Å². The smallest absolute Gasteiger partial charge is 0.434 e. The van der Waals surface area contributed by atoms with Crippen LogP contribution in [0.25, 0.3) is 0 Å². The molecule has 0 radical (unpaired) electrons. The van der Waals surface area contributed by atoms with Crippen LogP contribution in [0.5, 0.6) is 0 Å². The molecule has 0 saturated carbocycles. The molecule has 7 nitrogen and oxygen atoms in total. The van der Waals surface area contributed by atoms with Gasteiger partial charge in [0.25, 0.3) is 0 Å². The Kier molecular flexibility index (Phi) is 7.44. The number of nitrogens with zero attached hydrogens (tertiary/aromatic N) is 5. The molecular formula is C24H29F4N5O2. The standard InChI is InChI=1S/C24H29F4N5O2/c1-16-13-32(22-12-29-21(11-30-22)24(26,27)28)14-17(2)33(16)23(34)35-20-7-9-31(10-8-20)15-18-3-5-19(25)6-4-18/h3-6,11-12,16-17,20H,7-10,13-15H2,1-2H3/t16-,17-/m1/s1. The number of amides is 1. The van der Waals surface area contributed by atoms with Crippen LogP contribution < -0.4 is 4.90 Å². The van der Waals surface area contributed by atoms with Gasteiger partial charge >= 0.3 is 12.3 Å². The van der Waals surface area contributed by atoms with Crippen LogP contribution in [0.1, 0.15) is 37.9 Å². The fraction of sp³-hybridized carbons (Fsp3) is 0.542. The van der Waals surface area contributed by atoms with Gasteiger partial charge in [0.2, 0.25) is 0 Å². The van der Waals surface area contributed by atoms with Crippen LogP contribution in [0.15, 0.2) is 36.7 Å². The SMILES string of the molecule is C[C@@H]1CN(c2cnc(C(F)(F)F)cn2)C[C@@H](C)N1C(=O)OC1CCN(Cc2ccc(F)cc2)CC1. The van der Waals surface area contributed by atoms with Crippen LogP contribution in [0.2, 0.25) is 0 Å². The number of piperazine rings is 1. The Morgan fingerprint density at radius 3 is 2.20 bits per heavy atom. The second-order valence-electron chi connectivity index (χ2n) is 9.25. The first-order valence-corrected chi connectivity index (χ1v) is 11.7. The second kappa shape index (κ2) is 10.3. The fourth-order valence-corrected chi connectivity index (χ4v) is 4.74. The molecule has 1 aromatic carbocycles. The largest absolute Gasteiger partial charge is 0.446 e. The number of likely N-dealkylation sites (tertiary alicyclic amines) is 1. The summed E-state index contributed by atoms with van der Waals surface area (Å²) in [6.07, 6.45) is -1.80. The molecule has 2 aliphatic rings. The first-order valence-electron chi connectivity index (χ1n) is 11.7. The number of hydrogen-bond donors (Lipinski definition) is 0. The van der Waals surface area contributed by atoms with E-state index in [0.717, 1.165) is 50.4 Å². The summed E-state index contributed by atoms with van der Waals surface area (Å²) >= 11 is 0. The summed E-state index contributed by atoms with van der Waals surface area (Å²) in [5, 5.41) is 0. The fourth-order valence-electron chi connectivity index (χ4n) is 4.74. The van der Waals surface area contributed by atoms with Crippen molar-refractivity contribution >= 4 is 11.9 Å². The lowest BCUT2D eigenvalue weighted by atomic mass is 10.1. The number of aromatic nitrogens is 2. The molecule has 0 spiro atoms. The highest BCUT2D eigenvalue weighted by Gasteiger charge is 2.37. The van der Waals surface area contributed by atoms with Crippen molar-refractivity contribution in [3.05, 3.63) is 53.7 Å². The average Bonchev–Trinajstić information content (AvgIpc) is 2.81. The Hall–Kier alpha value is -2.95. The summed E-state index contributed by atoms with van der Waals surface area (Å²) in [7, 11) is 0. The van der Waals surface area contributed by atoms with E-state index in [1.54, 1.807) is 17.0 Å². The zero-order chi connectivity index (χ0) is 25.2. The predicted molar refractivity (Wildman–Crippen MR) is 121 cm³/mol. The Morgan fingerprint density at radius 2 is 1.66 bits per heavy atom. The van der Waals surface area contributed by atoms with Crippen molar-refractivity contribution in [2.75, 3.05) is 31.1 Å². The number of alkyl halides is 3. The molecule has 0 unspecified atom stereocenters. The van der Waals surface area contributed by atoms with Gasteiger partial charge in [-0.1, -0.05) is 12.1 Å². The zero-order valence-electron chi connectivity index (χ0n) is 19.7. The van der Waals surface area contributed by atoms with Gasteiger partial charge in [0.15, 0.2) is 5.69 Å². The van der Waals surface area contributed by atoms with E-state index in [4.69, 9.17) is 4.74 Å². The van der Waals surface area contributed by atoms with E-state index in [0.29, 0.717) is 18.9 Å². The maximum atomic E-state index is 13.1. The summed E-state index contributed by atoms with van der Waals surface area (Å²) in [6.45, 7) is 6.87. The van der Waals surface area contributed by atoms with Gasteiger partial charge in [0.1, 0.15) is 17.7 Å². The van der Waals surface area contributed by atoms with Crippen LogP contribution >= 0.6 is 0 Å². The molecule has 11 heteroatoms. The number of carbonyl (C=O) groups is 1. The molecule has 2 saturated heterocycles. The van der Waals surface area contributed by atoms with Crippen molar-refractivity contribution in [3.8, 4) is 0 Å². The Labute approximate surface area is 201 Å². The van der Waals surface area contributed by atoms with Crippen LogP contribution in [-0.4, -0.2) is 70.2 Å². The van der Waals surface area contributed by atoms with E-state index in [2.05, 4.69) is 14.9 Å². The minimum Gasteiger partial charge on any atom is -0.446 e. The van der Waals surface area contributed by atoms with E-state index in [-0.39, 0.29) is 30.1 Å². The molecule has 2 aliphatic heterocycles. The summed E-state index contributed by atoms with van der Waals surface area (Å²) < 4.78 is 57.2. The Bertz CT molecular complexity index is 982. The van der Waals surface area contributed by atoms with Crippen LogP contribution in [0, 0.1) is 5.82 Å². The average molecular weight is 496 g/mol. The Morgan fingerprint density at radius 1 is 1.03 bits per heavy atom. The molecule has 3 heterocycles. The quantitative estimate of drug-likeness (QED) is 0.589. The number of hydrogen-bond acceptors (Lipinski definition) is 6. The van der Waals surface area contributed by atoms with Crippen LogP contribution in [0.3, 0.4) is 0 Å². The molecule has 190 valence electrons. The van der Waals surface area contributed by atoms with Gasteiger partial charge in [-0.2, -0.15) is 13.2 Å². The molecule has 2 fully saturated rings. The second-order valence-corrected chi connectivity index (χ2v) is 9.25. The molecule has 4 rings (SSSR count). The first kappa shape index (κ1) is 25.2. The number of rotatable bonds is 4. The first-order chi connectivity index (χ1) is 16.6. The third-order valence-electron chi connectivity index (χ3n) is 6.50. The molecule has 35 heavy (non-hydrogen) atoms. The lowest BCUT2D eigenvalue weighted by Gasteiger charge is -2.44. The van der Waals surface area contributed by atoms with Crippen LogP contribution in [-0.2, 0) is 17.5 Å². The molecule has 0 N–H and O–H groups in total. The van der Waals surface area contributed by atoms with Gasteiger partial charge in [-0.05, 0) is 44.4 Å². The highest BCUT2D eigenvalue weighted by atomic mass is 19.4. The minimum absolute atomic E-state index is 0.176. The molecule has 2 atom stereocenters. The zero-order valence-corrected chi connectivity index (χ0v) is 19.7. The van der Waals surface area contributed by atoms with Crippen molar-refractivity contribution in [3.63, 3.8) is 0 Å². The van der Waals surface area contributed by atoms with E-state index in [1.807, 2.05) is 18.7 Å². The van der Waals surface area contributed by atoms with Gasteiger partial charge in [-0.15, -0.1) is 0 Å². The van der Waals surface area contributed by atoms with Crippen molar-refractivity contribution in [1.82, 2.24) is 19.8 Å². The van der Waals surface area contributed by atoms with Crippen molar-refractivity contribution < 1.29 is 27.1 Å². The van der Waals surface area contributed by atoms with Gasteiger partial charge in [-0.25, -0.2) is 19.2 Å². The lowest BCUT2D eigenvalue weighted by molar-refractivity contribution is -0.141. The maximum Gasteiger partial charge on any atom is 0.434 e. The molecule has 1 amide bonds. The monoisotopic (exact) mass is 495 g/mol. The highest BCUT2D eigenvalue weighted by molar-refractivity contribution is 5.69. The van der Waals surface area contributed by atoms with E-state index in [9.17, 15) is 22.4 Å². The third kappa shape index (κ3) is 6.19. The number of halogens is 4. The highest BCUT2D eigenvalue weighted by Crippen LogP contribution is 2.28. The molecule has 1 aromatic heterocycles. The topological polar surface area (TPSA) is 61.8 Å². The van der Waals surface area contributed by atoms with Crippen molar-refractivity contribution in [1.29, 1.82) is 0 Å². The van der Waals surface area contributed by atoms with Gasteiger partial charge < -0.3 is 9.64 Å². The Balaban J connectivity index is 1.27. The molecule has 0 bridgehead atoms. The predicted octanol–water partition coefficient (Wildman–Crippen LogP) is 4.33. The van der Waals surface area contributed by atoms with Crippen LogP contribution in [0.4, 0.5) is 28.2 Å². The van der Waals surface area contributed by atoms with E-state index in [1.165, 1.54) is 12.1 Å². The summed E-state index contributed by atoms with van der Waals surface area (Å²) in [5.74, 6) is 0.0918. The van der Waals surface area contributed by atoms with Gasteiger partial charge in [-0.3, -0.25) is 9.80 Å². The third-order valence-corrected chi connectivity index (χ3v) is 6.50. The summed E-state index contributed by atoms with van der Waals surface area (Å²) in [6, 6.07) is 6.04. The number of anilines is 1. The van der Waals surface area contributed by atoms with Crippen molar-refractivity contribution in [2.24, 2.45) is 0 Å². The number of piperidine rings is 1. The van der Waals surface area contributed by atoms with E-state index >= 15 is 0 Å². The minimum atomic E-state index is -4.54. The number of benzene rings is 1. The molecular weight excluding hydrogens is 466 g/mol. The summed E-state index contributed by atoms with van der Waals surface area (Å²) in [5.41, 5.74) is 0.00775. The number of carbonyl (C=O) groups excluding carboxylic acids is 1. The molecule has 2 aromatic rings. The lowest BCUT2D eigenvalue weighted by Crippen LogP contribution is -2.59. The van der Waals surface area contributed by atoms with Gasteiger partial charge in [0.05, 0.1) is 24.5 Å². The summed E-state index contributed by atoms with van der Waals surface area (Å²) in [4.78, 5) is 26.2. The normalized spacial score (nSPS) is 22.3. The van der Waals surface area contributed by atoms with E-state index < -0.39 is 11.9 Å².